The molecule has 4 heteroatoms. The van der Waals surface area contributed by atoms with Crippen LogP contribution in [-0.2, 0) is 9.59 Å². The first kappa shape index (κ1) is 6.22. The van der Waals surface area contributed by atoms with Gasteiger partial charge >= 0.3 is 0 Å². The molecule has 0 bridgehead atoms. The van der Waals surface area contributed by atoms with Crippen LogP contribution in [0.5, 0.6) is 0 Å². The highest BCUT2D eigenvalue weighted by Gasteiger charge is 2.68. The van der Waals surface area contributed by atoms with E-state index in [4.69, 9.17) is 0 Å². The monoisotopic (exact) mass is 157 g/mol. The van der Waals surface area contributed by atoms with Gasteiger partial charge in [0.2, 0.25) is 0 Å². The van der Waals surface area contributed by atoms with Crippen LogP contribution in [0.4, 0.5) is 0 Å². The molecule has 10 heavy (non-hydrogen) atoms. The largest absolute Gasteiger partial charge is 0.272 e. The van der Waals surface area contributed by atoms with Gasteiger partial charge in [0.1, 0.15) is 5.41 Å². The van der Waals surface area contributed by atoms with Crippen molar-refractivity contribution in [1.82, 2.24) is 4.31 Å². The fourth-order valence-electron chi connectivity index (χ4n) is 1.24. The molecule has 1 heterocycles. The second-order valence-corrected chi connectivity index (χ2v) is 3.40. The van der Waals surface area contributed by atoms with Crippen molar-refractivity contribution < 1.29 is 9.59 Å². The Hall–Kier alpha value is -0.510. The summed E-state index contributed by atoms with van der Waals surface area (Å²) < 4.78 is 1.24. The summed E-state index contributed by atoms with van der Waals surface area (Å²) >= 11 is 1.20. The predicted octanol–water partition coefficient (Wildman–Crippen LogP) is 0.413. The molecule has 3 nitrogen and oxygen atoms in total. The number of β-lactam (4-membered cyclic amide) rings is 2. The van der Waals surface area contributed by atoms with E-state index in [-0.39, 0.29) is 11.8 Å². The third-order valence-corrected chi connectivity index (χ3v) is 2.82. The Kier molecular flexibility index (Phi) is 0.968. The van der Waals surface area contributed by atoms with E-state index in [2.05, 4.69) is 0 Å². The number of imide groups is 1. The standard InChI is InChI=1S/C6H7NO2S/c1-10-7-4(8)6(2-3-6)5(7)9/h2-3H2,1H3. The van der Waals surface area contributed by atoms with Crippen LogP contribution in [0.15, 0.2) is 0 Å². The van der Waals surface area contributed by atoms with Crippen LogP contribution in [0.1, 0.15) is 12.8 Å². The molecular weight excluding hydrogens is 150 g/mol. The summed E-state index contributed by atoms with van der Waals surface area (Å²) in [5.74, 6) is 0.0370. The summed E-state index contributed by atoms with van der Waals surface area (Å²) in [6.45, 7) is 0. The first-order valence-electron chi connectivity index (χ1n) is 3.15. The molecule has 0 aromatic heterocycles. The SMILES string of the molecule is CSN1C(=O)C2(CC2)C1=O. The number of rotatable bonds is 1. The minimum atomic E-state index is -0.511. The number of nitrogens with zero attached hydrogens (tertiary/aromatic N) is 1. The first-order valence-corrected chi connectivity index (χ1v) is 4.34. The lowest BCUT2D eigenvalue weighted by Gasteiger charge is -2.33. The van der Waals surface area contributed by atoms with Gasteiger partial charge in [-0.3, -0.25) is 9.59 Å². The fraction of sp³-hybridized carbons (Fsp3) is 0.667. The lowest BCUT2D eigenvalue weighted by atomic mass is 9.98. The third-order valence-electron chi connectivity index (χ3n) is 2.12. The van der Waals surface area contributed by atoms with E-state index in [9.17, 15) is 9.59 Å². The molecule has 1 saturated carbocycles. The molecule has 2 fully saturated rings. The molecule has 1 spiro atoms. The zero-order valence-electron chi connectivity index (χ0n) is 5.59. The van der Waals surface area contributed by atoms with Gasteiger partial charge in [-0.25, -0.2) is 4.31 Å². The van der Waals surface area contributed by atoms with Crippen LogP contribution in [-0.4, -0.2) is 22.4 Å². The molecule has 2 aliphatic rings. The van der Waals surface area contributed by atoms with Crippen LogP contribution < -0.4 is 0 Å². The highest BCUT2D eigenvalue weighted by Crippen LogP contribution is 2.56. The van der Waals surface area contributed by atoms with E-state index < -0.39 is 5.41 Å². The average molecular weight is 157 g/mol. The van der Waals surface area contributed by atoms with Crippen molar-refractivity contribution in [2.24, 2.45) is 5.41 Å². The molecule has 54 valence electrons. The van der Waals surface area contributed by atoms with Crippen molar-refractivity contribution in [1.29, 1.82) is 0 Å². The Morgan fingerprint density at radius 3 is 2.20 bits per heavy atom. The summed E-state index contributed by atoms with van der Waals surface area (Å²) in [5, 5.41) is 0. The molecule has 0 radical (unpaired) electrons. The van der Waals surface area contributed by atoms with Crippen LogP contribution >= 0.6 is 11.9 Å². The van der Waals surface area contributed by atoms with Crippen molar-refractivity contribution in [2.45, 2.75) is 12.8 Å². The second kappa shape index (κ2) is 1.56. The van der Waals surface area contributed by atoms with Crippen molar-refractivity contribution in [2.75, 3.05) is 6.26 Å². The zero-order valence-corrected chi connectivity index (χ0v) is 6.40. The minimum absolute atomic E-state index is 0.0185. The summed E-state index contributed by atoms with van der Waals surface area (Å²) in [6, 6.07) is 0. The van der Waals surface area contributed by atoms with Gasteiger partial charge in [0, 0.05) is 6.26 Å². The summed E-state index contributed by atoms with van der Waals surface area (Å²) in [4.78, 5) is 22.1. The highest BCUT2D eigenvalue weighted by atomic mass is 32.2. The Balaban J connectivity index is 2.21. The van der Waals surface area contributed by atoms with Gasteiger partial charge in [-0.1, -0.05) is 0 Å². The average Bonchev–Trinajstić information content (AvgIpc) is 2.69. The van der Waals surface area contributed by atoms with Crippen molar-refractivity contribution in [3.05, 3.63) is 0 Å². The van der Waals surface area contributed by atoms with Crippen LogP contribution in [0.3, 0.4) is 0 Å². The molecule has 2 rings (SSSR count). The molecule has 1 aliphatic carbocycles. The van der Waals surface area contributed by atoms with Gasteiger partial charge in [-0.15, -0.1) is 0 Å². The first-order chi connectivity index (χ1) is 4.72. The van der Waals surface area contributed by atoms with E-state index in [1.165, 1.54) is 16.3 Å². The molecule has 0 atom stereocenters. The van der Waals surface area contributed by atoms with Crippen LogP contribution in [0.2, 0.25) is 0 Å². The lowest BCUT2D eigenvalue weighted by molar-refractivity contribution is -0.159. The quantitative estimate of drug-likeness (QED) is 0.314. The Labute approximate surface area is 62.9 Å². The summed E-state index contributed by atoms with van der Waals surface area (Å²) in [5.41, 5.74) is -0.511. The molecule has 1 saturated heterocycles. The topological polar surface area (TPSA) is 37.4 Å². The van der Waals surface area contributed by atoms with E-state index in [0.717, 1.165) is 12.8 Å². The lowest BCUT2D eigenvalue weighted by Crippen LogP contribution is -2.55. The van der Waals surface area contributed by atoms with Crippen LogP contribution in [0, 0.1) is 5.41 Å². The van der Waals surface area contributed by atoms with Gasteiger partial charge in [-0.2, -0.15) is 0 Å². The maximum Gasteiger partial charge on any atom is 0.255 e. The second-order valence-electron chi connectivity index (χ2n) is 2.67. The third kappa shape index (κ3) is 0.450. The molecular formula is C6H7NO2S. The number of amides is 2. The smallest absolute Gasteiger partial charge is 0.255 e. The minimum Gasteiger partial charge on any atom is -0.272 e. The van der Waals surface area contributed by atoms with Gasteiger partial charge in [-0.05, 0) is 24.8 Å². The highest BCUT2D eigenvalue weighted by molar-refractivity contribution is 7.97. The Morgan fingerprint density at radius 2 is 1.90 bits per heavy atom. The van der Waals surface area contributed by atoms with Crippen molar-refractivity contribution in [3.63, 3.8) is 0 Å². The van der Waals surface area contributed by atoms with E-state index in [1.807, 2.05) is 0 Å². The fourth-order valence-corrected chi connectivity index (χ4v) is 1.92. The van der Waals surface area contributed by atoms with Crippen LogP contribution in [0.25, 0.3) is 0 Å². The van der Waals surface area contributed by atoms with Crippen molar-refractivity contribution >= 4 is 23.8 Å². The molecule has 0 aromatic carbocycles. The number of hydrogen-bond acceptors (Lipinski definition) is 3. The van der Waals surface area contributed by atoms with E-state index in [1.54, 1.807) is 6.26 Å². The molecule has 2 amide bonds. The van der Waals surface area contributed by atoms with E-state index >= 15 is 0 Å². The predicted molar refractivity (Wildman–Crippen MR) is 37.0 cm³/mol. The van der Waals surface area contributed by atoms with Gasteiger partial charge in [0.05, 0.1) is 0 Å². The summed E-state index contributed by atoms with van der Waals surface area (Å²) in [6.07, 6.45) is 3.30. The number of carbonyl (C=O) groups excluding carboxylic acids is 2. The summed E-state index contributed by atoms with van der Waals surface area (Å²) in [7, 11) is 0. The number of carbonyl (C=O) groups is 2. The van der Waals surface area contributed by atoms with E-state index in [0.29, 0.717) is 0 Å². The molecule has 0 N–H and O–H groups in total. The van der Waals surface area contributed by atoms with Crippen molar-refractivity contribution in [3.8, 4) is 0 Å². The maximum absolute atomic E-state index is 11.1. The molecule has 0 unspecified atom stereocenters. The number of hydrogen-bond donors (Lipinski definition) is 0. The van der Waals surface area contributed by atoms with Gasteiger partial charge in [0.15, 0.2) is 0 Å². The normalized spacial score (nSPS) is 27.1. The molecule has 1 aliphatic heterocycles. The maximum atomic E-state index is 11.1. The zero-order chi connectivity index (χ0) is 7.35. The van der Waals surface area contributed by atoms with Gasteiger partial charge in [0.25, 0.3) is 11.8 Å². The Morgan fingerprint density at radius 1 is 1.40 bits per heavy atom. The van der Waals surface area contributed by atoms with Gasteiger partial charge < -0.3 is 0 Å². The molecule has 0 aromatic rings. The Bertz CT molecular complexity index is 204.